The molecule has 9 nitrogen and oxygen atoms in total. The van der Waals surface area contributed by atoms with Gasteiger partial charge >= 0.3 is 6.01 Å². The lowest BCUT2D eigenvalue weighted by molar-refractivity contribution is -0.125. The maximum Gasteiger partial charge on any atom is 0.322 e. The van der Waals surface area contributed by atoms with Gasteiger partial charge in [0.15, 0.2) is 11.5 Å². The van der Waals surface area contributed by atoms with E-state index in [1.54, 1.807) is 16.8 Å². The average molecular weight is 341 g/mol. The van der Waals surface area contributed by atoms with Gasteiger partial charge in [-0.25, -0.2) is 0 Å². The van der Waals surface area contributed by atoms with Crippen molar-refractivity contribution in [1.82, 2.24) is 20.0 Å². The molecular weight excluding hydrogens is 326 g/mol. The molecule has 0 radical (unpaired) electrons. The van der Waals surface area contributed by atoms with E-state index in [4.69, 9.17) is 13.9 Å². The number of anilines is 1. The van der Waals surface area contributed by atoms with Crippen LogP contribution in [0.3, 0.4) is 0 Å². The van der Waals surface area contributed by atoms with Gasteiger partial charge in [-0.15, -0.1) is 5.10 Å². The van der Waals surface area contributed by atoms with Crippen molar-refractivity contribution in [3.05, 3.63) is 36.0 Å². The number of hydrogen-bond acceptors (Lipinski definition) is 7. The second-order valence-corrected chi connectivity index (χ2v) is 5.56. The summed E-state index contributed by atoms with van der Waals surface area (Å²) < 4.78 is 18.3. The fourth-order valence-corrected chi connectivity index (χ4v) is 2.38. The fraction of sp³-hybridized carbons (Fsp3) is 0.250. The summed E-state index contributed by atoms with van der Waals surface area (Å²) in [4.78, 5) is 12.3. The minimum atomic E-state index is -0.803. The molecule has 3 aromatic rings. The van der Waals surface area contributed by atoms with Gasteiger partial charge in [0.2, 0.25) is 6.10 Å². The predicted molar refractivity (Wildman–Crippen MR) is 86.2 cm³/mol. The van der Waals surface area contributed by atoms with Crippen molar-refractivity contribution in [2.75, 3.05) is 11.9 Å². The van der Waals surface area contributed by atoms with Gasteiger partial charge in [-0.05, 0) is 25.1 Å². The molecule has 1 atom stereocenters. The number of aryl methyl sites for hydroxylation is 2. The highest BCUT2D eigenvalue weighted by Gasteiger charge is 2.28. The highest BCUT2D eigenvalue weighted by atomic mass is 16.6. The van der Waals surface area contributed by atoms with E-state index in [2.05, 4.69) is 20.6 Å². The number of hydrogen-bond donors (Lipinski definition) is 1. The Labute approximate surface area is 142 Å². The molecular formula is C16H15N5O4. The van der Waals surface area contributed by atoms with Crippen LogP contribution in [-0.2, 0) is 11.8 Å². The zero-order valence-electron chi connectivity index (χ0n) is 13.6. The maximum absolute atomic E-state index is 12.3. The zero-order chi connectivity index (χ0) is 17.4. The quantitative estimate of drug-likeness (QED) is 0.771. The number of nitrogens with one attached hydrogen (secondary N) is 1. The fourth-order valence-electron chi connectivity index (χ4n) is 2.38. The minimum Gasteiger partial charge on any atom is -0.485 e. The molecule has 4 rings (SSSR count). The Bertz CT molecular complexity index is 913. The number of carbonyl (C=O) groups excluding carboxylic acids is 1. The molecule has 3 heterocycles. The van der Waals surface area contributed by atoms with Gasteiger partial charge in [0.05, 0.1) is 0 Å². The Hall–Kier alpha value is -3.36. The minimum absolute atomic E-state index is 0.0224. The van der Waals surface area contributed by atoms with E-state index in [0.29, 0.717) is 17.2 Å². The number of para-hydroxylation sites is 2. The van der Waals surface area contributed by atoms with Gasteiger partial charge in [0, 0.05) is 12.7 Å². The third-order valence-corrected chi connectivity index (χ3v) is 3.79. The van der Waals surface area contributed by atoms with Crippen molar-refractivity contribution in [3.8, 4) is 23.1 Å². The summed E-state index contributed by atoms with van der Waals surface area (Å²) in [7, 11) is 1.82. The summed E-state index contributed by atoms with van der Waals surface area (Å²) in [6.07, 6.45) is -0.803. The second-order valence-electron chi connectivity index (χ2n) is 5.56. The van der Waals surface area contributed by atoms with Crippen LogP contribution < -0.4 is 14.8 Å². The summed E-state index contributed by atoms with van der Waals surface area (Å²) in [5, 5.41) is 14.5. The molecule has 25 heavy (non-hydrogen) atoms. The molecule has 0 aliphatic carbocycles. The molecule has 2 aromatic heterocycles. The summed E-state index contributed by atoms with van der Waals surface area (Å²) >= 11 is 0. The van der Waals surface area contributed by atoms with Crippen LogP contribution in [0.5, 0.6) is 11.5 Å². The number of amides is 1. The molecule has 1 aliphatic rings. The van der Waals surface area contributed by atoms with Crippen LogP contribution in [0.25, 0.3) is 11.6 Å². The van der Waals surface area contributed by atoms with Crippen LogP contribution in [0, 0.1) is 6.92 Å². The highest BCUT2D eigenvalue weighted by molar-refractivity contribution is 5.93. The van der Waals surface area contributed by atoms with E-state index in [0.717, 1.165) is 5.69 Å². The van der Waals surface area contributed by atoms with Crippen LogP contribution in [0.4, 0.5) is 6.01 Å². The Morgan fingerprint density at radius 2 is 2.08 bits per heavy atom. The van der Waals surface area contributed by atoms with E-state index in [1.807, 2.05) is 32.2 Å². The van der Waals surface area contributed by atoms with Gasteiger partial charge in [-0.3, -0.25) is 14.8 Å². The molecule has 0 spiro atoms. The number of rotatable bonds is 3. The molecule has 1 aliphatic heterocycles. The van der Waals surface area contributed by atoms with Crippen LogP contribution in [0.15, 0.2) is 34.7 Å². The monoisotopic (exact) mass is 341 g/mol. The largest absolute Gasteiger partial charge is 0.485 e. The van der Waals surface area contributed by atoms with Crippen LogP contribution in [0.1, 0.15) is 5.69 Å². The molecule has 0 bridgehead atoms. The lowest BCUT2D eigenvalue weighted by Crippen LogP contribution is -2.40. The van der Waals surface area contributed by atoms with E-state index < -0.39 is 12.0 Å². The predicted octanol–water partition coefficient (Wildman–Crippen LogP) is 1.56. The lowest BCUT2D eigenvalue weighted by Gasteiger charge is -2.24. The van der Waals surface area contributed by atoms with Gasteiger partial charge in [0.1, 0.15) is 12.3 Å². The molecule has 1 amide bonds. The Morgan fingerprint density at radius 3 is 2.84 bits per heavy atom. The van der Waals surface area contributed by atoms with Crippen molar-refractivity contribution in [1.29, 1.82) is 0 Å². The standard InChI is InChI=1S/C16H15N5O4/c1-9-7-10(20-21(9)2)15-18-19-16(25-15)17-14(22)13-8-23-11-5-3-4-6-12(11)24-13/h3-7,13H,8H2,1-2H3,(H,17,19,22). The normalized spacial score (nSPS) is 15.8. The van der Waals surface area contributed by atoms with Gasteiger partial charge in [-0.2, -0.15) is 5.10 Å². The molecule has 0 fully saturated rings. The molecule has 1 aromatic carbocycles. The zero-order valence-corrected chi connectivity index (χ0v) is 13.6. The Kier molecular flexibility index (Phi) is 3.60. The van der Waals surface area contributed by atoms with Crippen molar-refractivity contribution < 1.29 is 18.7 Å². The first kappa shape index (κ1) is 15.2. The van der Waals surface area contributed by atoms with Gasteiger partial charge < -0.3 is 13.9 Å². The number of benzene rings is 1. The Balaban J connectivity index is 1.45. The molecule has 9 heteroatoms. The lowest BCUT2D eigenvalue weighted by atomic mass is 10.2. The first-order chi connectivity index (χ1) is 12.1. The first-order valence-electron chi connectivity index (χ1n) is 7.64. The number of carbonyl (C=O) groups is 1. The summed E-state index contributed by atoms with van der Waals surface area (Å²) in [6, 6.07) is 8.95. The number of nitrogens with zero attached hydrogens (tertiary/aromatic N) is 4. The molecule has 1 unspecified atom stereocenters. The Morgan fingerprint density at radius 1 is 1.28 bits per heavy atom. The summed E-state index contributed by atoms with van der Waals surface area (Å²) in [5.41, 5.74) is 1.49. The third-order valence-electron chi connectivity index (χ3n) is 3.79. The maximum atomic E-state index is 12.3. The van der Waals surface area contributed by atoms with Gasteiger partial charge in [0.25, 0.3) is 11.8 Å². The topological polar surface area (TPSA) is 104 Å². The second kappa shape index (κ2) is 5.93. The van der Waals surface area contributed by atoms with Crippen molar-refractivity contribution in [2.24, 2.45) is 7.05 Å². The highest BCUT2D eigenvalue weighted by Crippen LogP contribution is 2.31. The van der Waals surface area contributed by atoms with E-state index in [9.17, 15) is 4.79 Å². The smallest absolute Gasteiger partial charge is 0.322 e. The van der Waals surface area contributed by atoms with Crippen molar-refractivity contribution in [2.45, 2.75) is 13.0 Å². The average Bonchev–Trinajstić information content (AvgIpc) is 3.21. The number of fused-ring (bicyclic) bond motifs is 1. The van der Waals surface area contributed by atoms with Crippen LogP contribution >= 0.6 is 0 Å². The molecule has 0 saturated carbocycles. The molecule has 1 N–H and O–H groups in total. The number of ether oxygens (including phenoxy) is 2. The molecule has 128 valence electrons. The first-order valence-corrected chi connectivity index (χ1v) is 7.64. The van der Waals surface area contributed by atoms with Crippen LogP contribution in [-0.4, -0.2) is 38.6 Å². The van der Waals surface area contributed by atoms with Crippen molar-refractivity contribution in [3.63, 3.8) is 0 Å². The van der Waals surface area contributed by atoms with Crippen molar-refractivity contribution >= 4 is 11.9 Å². The SMILES string of the molecule is Cc1cc(-c2nnc(NC(=O)C3COc4ccccc4O3)o2)nn1C. The van der Waals surface area contributed by atoms with E-state index in [1.165, 1.54) is 0 Å². The third kappa shape index (κ3) is 2.91. The summed E-state index contributed by atoms with van der Waals surface area (Å²) in [6.45, 7) is 2.01. The summed E-state index contributed by atoms with van der Waals surface area (Å²) in [5.74, 6) is 0.924. The van der Waals surface area contributed by atoms with Gasteiger partial charge in [-0.1, -0.05) is 17.2 Å². The van der Waals surface area contributed by atoms with E-state index >= 15 is 0 Å². The van der Waals surface area contributed by atoms with Crippen LogP contribution in [0.2, 0.25) is 0 Å². The van der Waals surface area contributed by atoms with E-state index in [-0.39, 0.29) is 18.5 Å². The number of aromatic nitrogens is 4. The molecule has 0 saturated heterocycles.